The number of carboxylic acids is 1. The molecule has 108 valence electrons. The van der Waals surface area contributed by atoms with E-state index in [1.54, 1.807) is 23.9 Å². The van der Waals surface area contributed by atoms with Gasteiger partial charge in [-0.15, -0.1) is 0 Å². The summed E-state index contributed by atoms with van der Waals surface area (Å²) in [5, 5.41) is 12.1. The summed E-state index contributed by atoms with van der Waals surface area (Å²) in [6.07, 6.45) is 2.24. The average Bonchev–Trinajstić information content (AvgIpc) is 2.48. The molecule has 0 unspecified atom stereocenters. The van der Waals surface area contributed by atoms with E-state index in [4.69, 9.17) is 4.74 Å². The van der Waals surface area contributed by atoms with E-state index in [0.717, 1.165) is 11.5 Å². The Bertz CT molecular complexity index is 498. The van der Waals surface area contributed by atoms with E-state index in [2.05, 4.69) is 10.3 Å². The number of rotatable bonds is 4. The maximum absolute atomic E-state index is 12.2. The van der Waals surface area contributed by atoms with Crippen molar-refractivity contribution in [3.63, 3.8) is 0 Å². The number of aromatic nitrogens is 1. The first-order chi connectivity index (χ1) is 9.57. The summed E-state index contributed by atoms with van der Waals surface area (Å²) < 4.78 is 4.92. The molecule has 20 heavy (non-hydrogen) atoms. The number of thioether (sulfide) groups is 1. The molecule has 0 aromatic carbocycles. The predicted octanol–water partition coefficient (Wildman–Crippen LogP) is 1.17. The molecule has 7 heteroatoms. The highest BCUT2D eigenvalue weighted by Crippen LogP contribution is 2.27. The number of hydrogen-bond acceptors (Lipinski definition) is 5. The van der Waals surface area contributed by atoms with E-state index in [-0.39, 0.29) is 0 Å². The zero-order chi connectivity index (χ0) is 14.6. The van der Waals surface area contributed by atoms with Crippen molar-refractivity contribution in [3.05, 3.63) is 23.9 Å². The molecule has 2 heterocycles. The lowest BCUT2D eigenvalue weighted by Crippen LogP contribution is -2.56. The first kappa shape index (κ1) is 14.6. The van der Waals surface area contributed by atoms with Crippen LogP contribution in [0.4, 0.5) is 0 Å². The van der Waals surface area contributed by atoms with Gasteiger partial charge in [0.25, 0.3) is 5.91 Å². The Kier molecular flexibility index (Phi) is 4.49. The van der Waals surface area contributed by atoms with Gasteiger partial charge in [-0.3, -0.25) is 4.79 Å². The molecule has 0 aliphatic carbocycles. The molecule has 1 aliphatic heterocycles. The van der Waals surface area contributed by atoms with Gasteiger partial charge in [-0.25, -0.2) is 9.78 Å². The number of nitrogens with one attached hydrogen (secondary N) is 1. The maximum Gasteiger partial charge on any atom is 0.329 e. The van der Waals surface area contributed by atoms with Crippen molar-refractivity contribution >= 4 is 23.6 Å². The second kappa shape index (κ2) is 6.13. The number of ether oxygens (including phenoxy) is 1. The van der Waals surface area contributed by atoms with E-state index in [1.165, 1.54) is 13.3 Å². The lowest BCUT2D eigenvalue weighted by molar-refractivity contribution is -0.144. The van der Waals surface area contributed by atoms with Crippen LogP contribution in [0.3, 0.4) is 0 Å². The number of nitrogens with zero attached hydrogens (tertiary/aromatic N) is 1. The molecule has 2 N–H and O–H groups in total. The summed E-state index contributed by atoms with van der Waals surface area (Å²) in [5.41, 5.74) is -0.841. The Labute approximate surface area is 120 Å². The summed E-state index contributed by atoms with van der Waals surface area (Å²) in [4.78, 5) is 27.6. The number of hydrogen-bond donors (Lipinski definition) is 2. The van der Waals surface area contributed by atoms with Crippen LogP contribution in [-0.4, -0.2) is 46.1 Å². The van der Waals surface area contributed by atoms with Crippen LogP contribution in [-0.2, 0) is 4.79 Å². The van der Waals surface area contributed by atoms with Crippen molar-refractivity contribution in [2.24, 2.45) is 0 Å². The summed E-state index contributed by atoms with van der Waals surface area (Å²) >= 11 is 1.70. The molecule has 1 saturated heterocycles. The quantitative estimate of drug-likeness (QED) is 0.867. The molecule has 0 saturated carbocycles. The van der Waals surface area contributed by atoms with Gasteiger partial charge in [-0.05, 0) is 30.4 Å². The molecule has 1 aromatic heterocycles. The highest BCUT2D eigenvalue weighted by atomic mass is 32.2. The molecular weight excluding hydrogens is 280 g/mol. The van der Waals surface area contributed by atoms with Crippen LogP contribution in [0.5, 0.6) is 5.88 Å². The Morgan fingerprint density at radius 3 is 2.60 bits per heavy atom. The van der Waals surface area contributed by atoms with Gasteiger partial charge in [0, 0.05) is 12.3 Å². The van der Waals surface area contributed by atoms with Gasteiger partial charge in [-0.2, -0.15) is 11.8 Å². The first-order valence-corrected chi connectivity index (χ1v) is 7.36. The van der Waals surface area contributed by atoms with Crippen LogP contribution in [0.2, 0.25) is 0 Å². The zero-order valence-electron chi connectivity index (χ0n) is 11.1. The van der Waals surface area contributed by atoms with E-state index in [9.17, 15) is 14.7 Å². The predicted molar refractivity (Wildman–Crippen MR) is 75.2 cm³/mol. The van der Waals surface area contributed by atoms with Gasteiger partial charge in [0.1, 0.15) is 5.54 Å². The molecular formula is C13H16N2O4S. The number of aliphatic carboxylic acids is 1. The number of methoxy groups -OCH3 is 1. The number of carboxylic acid groups (broad SMARTS) is 1. The third kappa shape index (κ3) is 3.04. The van der Waals surface area contributed by atoms with Gasteiger partial charge in [-0.1, -0.05) is 0 Å². The summed E-state index contributed by atoms with van der Waals surface area (Å²) in [6, 6.07) is 3.13. The highest BCUT2D eigenvalue weighted by Gasteiger charge is 2.41. The molecule has 0 atom stereocenters. The zero-order valence-corrected chi connectivity index (χ0v) is 11.9. The normalized spacial score (nSPS) is 17.2. The van der Waals surface area contributed by atoms with Gasteiger partial charge < -0.3 is 15.2 Å². The van der Waals surface area contributed by atoms with E-state index in [0.29, 0.717) is 24.3 Å². The Morgan fingerprint density at radius 2 is 2.10 bits per heavy atom. The number of amides is 1. The van der Waals surface area contributed by atoms with Crippen molar-refractivity contribution < 1.29 is 19.4 Å². The van der Waals surface area contributed by atoms with Crippen molar-refractivity contribution in [3.8, 4) is 5.88 Å². The van der Waals surface area contributed by atoms with Crippen LogP contribution in [0.1, 0.15) is 23.2 Å². The van der Waals surface area contributed by atoms with Crippen molar-refractivity contribution in [2.45, 2.75) is 18.4 Å². The molecule has 0 bridgehead atoms. The molecule has 2 rings (SSSR count). The minimum Gasteiger partial charge on any atom is -0.481 e. The molecule has 1 aliphatic rings. The van der Waals surface area contributed by atoms with E-state index >= 15 is 0 Å². The smallest absolute Gasteiger partial charge is 0.329 e. The third-order valence-electron chi connectivity index (χ3n) is 3.32. The first-order valence-electron chi connectivity index (χ1n) is 6.21. The molecule has 1 aromatic rings. The maximum atomic E-state index is 12.2. The average molecular weight is 296 g/mol. The van der Waals surface area contributed by atoms with Crippen LogP contribution in [0.25, 0.3) is 0 Å². The second-order valence-corrected chi connectivity index (χ2v) is 5.77. The Morgan fingerprint density at radius 1 is 1.40 bits per heavy atom. The SMILES string of the molecule is COc1ccc(C(=O)NC2(C(=O)O)CCSCC2)cn1. The van der Waals surface area contributed by atoms with Crippen LogP contribution in [0.15, 0.2) is 18.3 Å². The molecule has 6 nitrogen and oxygen atoms in total. The van der Waals surface area contributed by atoms with Crippen LogP contribution < -0.4 is 10.1 Å². The Hall–Kier alpha value is -1.76. The van der Waals surface area contributed by atoms with E-state index < -0.39 is 17.4 Å². The topological polar surface area (TPSA) is 88.5 Å². The molecule has 0 radical (unpaired) electrons. The van der Waals surface area contributed by atoms with Gasteiger partial charge >= 0.3 is 5.97 Å². The van der Waals surface area contributed by atoms with E-state index in [1.807, 2.05) is 0 Å². The highest BCUT2D eigenvalue weighted by molar-refractivity contribution is 7.99. The molecule has 1 amide bonds. The monoisotopic (exact) mass is 296 g/mol. The van der Waals surface area contributed by atoms with Gasteiger partial charge in [0.2, 0.25) is 5.88 Å². The largest absolute Gasteiger partial charge is 0.481 e. The van der Waals surface area contributed by atoms with Gasteiger partial charge in [0.05, 0.1) is 12.7 Å². The standard InChI is InChI=1S/C13H16N2O4S/c1-19-10-3-2-9(8-14-10)11(16)15-13(12(17)18)4-6-20-7-5-13/h2-3,8H,4-7H2,1H3,(H,15,16)(H,17,18). The lowest BCUT2D eigenvalue weighted by atomic mass is 9.92. The number of pyridine rings is 1. The fraction of sp³-hybridized carbons (Fsp3) is 0.462. The third-order valence-corrected chi connectivity index (χ3v) is 4.30. The molecule has 1 fully saturated rings. The van der Waals surface area contributed by atoms with Crippen molar-refractivity contribution in [1.82, 2.24) is 10.3 Å². The summed E-state index contributed by atoms with van der Waals surface area (Å²) in [5.74, 6) is 0.464. The van der Waals surface area contributed by atoms with Crippen molar-refractivity contribution in [2.75, 3.05) is 18.6 Å². The minimum absolute atomic E-state index is 0.324. The number of carbonyl (C=O) groups excluding carboxylic acids is 1. The number of carbonyl (C=O) groups is 2. The Balaban J connectivity index is 2.13. The fourth-order valence-corrected chi connectivity index (χ4v) is 3.23. The molecule has 0 spiro atoms. The van der Waals surface area contributed by atoms with Crippen LogP contribution in [0, 0.1) is 0 Å². The van der Waals surface area contributed by atoms with Gasteiger partial charge in [0.15, 0.2) is 0 Å². The second-order valence-electron chi connectivity index (χ2n) is 4.54. The van der Waals surface area contributed by atoms with Crippen molar-refractivity contribution in [1.29, 1.82) is 0 Å². The summed E-state index contributed by atoms with van der Waals surface area (Å²) in [7, 11) is 1.49. The van der Waals surface area contributed by atoms with Crippen LogP contribution >= 0.6 is 11.8 Å². The summed E-state index contributed by atoms with van der Waals surface area (Å²) in [6.45, 7) is 0. The minimum atomic E-state index is -1.16. The fourth-order valence-electron chi connectivity index (χ4n) is 2.04. The lowest BCUT2D eigenvalue weighted by Gasteiger charge is -2.33.